The van der Waals surface area contributed by atoms with Gasteiger partial charge in [-0.3, -0.25) is 0 Å². The Hall–Kier alpha value is -1.40. The van der Waals surface area contributed by atoms with Gasteiger partial charge in [-0.05, 0) is 29.9 Å². The van der Waals surface area contributed by atoms with Crippen molar-refractivity contribution in [1.82, 2.24) is 4.72 Å². The molecule has 1 aromatic carbocycles. The van der Waals surface area contributed by atoms with Gasteiger partial charge in [0.15, 0.2) is 0 Å². The minimum absolute atomic E-state index is 0.0243. The summed E-state index contributed by atoms with van der Waals surface area (Å²) in [7, 11) is -3.66. The van der Waals surface area contributed by atoms with E-state index in [0.29, 0.717) is 12.5 Å². The Bertz CT molecular complexity index is 738. The lowest BCUT2D eigenvalue weighted by Gasteiger charge is -2.30. The number of rotatable bonds is 4. The van der Waals surface area contributed by atoms with Crippen molar-refractivity contribution < 1.29 is 13.2 Å². The zero-order chi connectivity index (χ0) is 19.0. The van der Waals surface area contributed by atoms with Crippen molar-refractivity contribution >= 4 is 15.9 Å². The fourth-order valence-corrected chi connectivity index (χ4v) is 3.93. The van der Waals surface area contributed by atoms with E-state index in [1.54, 1.807) is 24.3 Å². The van der Waals surface area contributed by atoms with Crippen LogP contribution in [0.5, 0.6) is 0 Å². The smallest absolute Gasteiger partial charge is 0.241 e. The molecule has 0 amide bonds. The van der Waals surface area contributed by atoms with Crippen LogP contribution in [0.3, 0.4) is 0 Å². The van der Waals surface area contributed by atoms with Crippen molar-refractivity contribution in [2.45, 2.75) is 65.4 Å². The fourth-order valence-electron chi connectivity index (χ4n) is 2.53. The summed E-state index contributed by atoms with van der Waals surface area (Å²) in [5, 5.41) is 0. The molecule has 0 saturated carbocycles. The van der Waals surface area contributed by atoms with E-state index >= 15 is 0 Å². The summed E-state index contributed by atoms with van der Waals surface area (Å²) in [5.41, 5.74) is 0.617. The Balaban J connectivity index is 2.32. The number of benzene rings is 1. The van der Waals surface area contributed by atoms with E-state index in [0.717, 1.165) is 5.56 Å². The van der Waals surface area contributed by atoms with Crippen molar-refractivity contribution in [2.75, 3.05) is 6.61 Å². The summed E-state index contributed by atoms with van der Waals surface area (Å²) in [4.78, 5) is 4.93. The molecule has 2 atom stereocenters. The highest BCUT2D eigenvalue weighted by Crippen LogP contribution is 2.30. The molecule has 0 aromatic heterocycles. The van der Waals surface area contributed by atoms with Gasteiger partial charge in [-0.1, -0.05) is 59.2 Å². The van der Waals surface area contributed by atoms with E-state index in [4.69, 9.17) is 4.74 Å². The Kier molecular flexibility index (Phi) is 5.36. The van der Waals surface area contributed by atoms with E-state index in [1.165, 1.54) is 0 Å². The first-order valence-electron chi connectivity index (χ1n) is 8.60. The molecular weight excluding hydrogens is 336 g/mol. The molecule has 0 bridgehead atoms. The molecule has 2 rings (SSSR count). The fraction of sp³-hybridized carbons (Fsp3) is 0.632. The molecule has 1 aliphatic rings. The molecule has 0 fully saturated rings. The van der Waals surface area contributed by atoms with Crippen LogP contribution in [0.2, 0.25) is 0 Å². The molecular formula is C19H30N2O3S. The van der Waals surface area contributed by atoms with Gasteiger partial charge in [0.05, 0.1) is 10.9 Å². The third kappa shape index (κ3) is 4.82. The molecule has 0 radical (unpaired) electrons. The first-order chi connectivity index (χ1) is 11.3. The van der Waals surface area contributed by atoms with Crippen molar-refractivity contribution in [1.29, 1.82) is 0 Å². The van der Waals surface area contributed by atoms with E-state index in [-0.39, 0.29) is 21.8 Å². The zero-order valence-corrected chi connectivity index (χ0v) is 17.1. The van der Waals surface area contributed by atoms with Gasteiger partial charge >= 0.3 is 0 Å². The van der Waals surface area contributed by atoms with Gasteiger partial charge in [0.1, 0.15) is 12.6 Å². The van der Waals surface area contributed by atoms with Crippen LogP contribution in [0.15, 0.2) is 34.2 Å². The predicted octanol–water partition coefficient (Wildman–Crippen LogP) is 3.53. The van der Waals surface area contributed by atoms with Crippen molar-refractivity contribution in [3.8, 4) is 0 Å². The van der Waals surface area contributed by atoms with E-state index in [2.05, 4.69) is 30.5 Å². The first kappa shape index (κ1) is 19.9. The summed E-state index contributed by atoms with van der Waals surface area (Å²) < 4.78 is 34.2. The zero-order valence-electron chi connectivity index (χ0n) is 16.3. The van der Waals surface area contributed by atoms with Gasteiger partial charge in [0.2, 0.25) is 15.9 Å². The second-order valence-corrected chi connectivity index (χ2v) is 10.6. The van der Waals surface area contributed by atoms with Crippen LogP contribution in [0.4, 0.5) is 0 Å². The van der Waals surface area contributed by atoms with E-state index < -0.39 is 16.1 Å². The Morgan fingerprint density at radius 2 is 1.68 bits per heavy atom. The monoisotopic (exact) mass is 366 g/mol. The molecule has 0 unspecified atom stereocenters. The Labute approximate surface area is 151 Å². The lowest BCUT2D eigenvalue weighted by Crippen LogP contribution is -2.49. The standard InChI is InChI=1S/C19H30N2O3S/c1-13-8-10-14(11-9-13)25(22,23)21-16(19(5,6)7)17-20-15(12-24-17)18(2,3)4/h8-11,15-16,21H,12H2,1-7H3/t15-,16-/m0/s1. The SMILES string of the molecule is Cc1ccc(S(=O)(=O)N[C@@H](C2=N[C@H](C(C)(C)C)CO2)C(C)(C)C)cc1. The van der Waals surface area contributed by atoms with Gasteiger partial charge in [-0.15, -0.1) is 0 Å². The van der Waals surface area contributed by atoms with Crippen LogP contribution in [0.25, 0.3) is 0 Å². The number of hydrogen-bond acceptors (Lipinski definition) is 4. The second kappa shape index (κ2) is 6.72. The van der Waals surface area contributed by atoms with Crippen LogP contribution >= 0.6 is 0 Å². The van der Waals surface area contributed by atoms with E-state index in [9.17, 15) is 8.42 Å². The average Bonchev–Trinajstić information content (AvgIpc) is 2.93. The number of ether oxygens (including phenoxy) is 1. The number of hydrogen-bond donors (Lipinski definition) is 1. The quantitative estimate of drug-likeness (QED) is 0.886. The number of sulfonamides is 1. The number of nitrogens with zero attached hydrogens (tertiary/aromatic N) is 1. The lowest BCUT2D eigenvalue weighted by atomic mass is 9.86. The third-order valence-corrected chi connectivity index (χ3v) is 5.83. The lowest BCUT2D eigenvalue weighted by molar-refractivity contribution is 0.221. The molecule has 25 heavy (non-hydrogen) atoms. The second-order valence-electron chi connectivity index (χ2n) is 8.89. The molecule has 1 N–H and O–H groups in total. The molecule has 0 spiro atoms. The first-order valence-corrected chi connectivity index (χ1v) is 10.1. The normalized spacial score (nSPS) is 20.1. The minimum Gasteiger partial charge on any atom is -0.478 e. The Morgan fingerprint density at radius 3 is 2.12 bits per heavy atom. The molecule has 0 saturated heterocycles. The predicted molar refractivity (Wildman–Crippen MR) is 101 cm³/mol. The van der Waals surface area contributed by atoms with Crippen LogP contribution in [-0.4, -0.2) is 33.0 Å². The molecule has 140 valence electrons. The number of aliphatic imine (C=N–C) groups is 1. The maximum Gasteiger partial charge on any atom is 0.241 e. The third-order valence-electron chi connectivity index (χ3n) is 4.39. The van der Waals surface area contributed by atoms with Gasteiger partial charge < -0.3 is 4.74 Å². The summed E-state index contributed by atoms with van der Waals surface area (Å²) in [5.74, 6) is 0.475. The highest BCUT2D eigenvalue weighted by molar-refractivity contribution is 7.89. The summed E-state index contributed by atoms with van der Waals surface area (Å²) in [6.45, 7) is 14.7. The van der Waals surface area contributed by atoms with Crippen molar-refractivity contribution in [3.63, 3.8) is 0 Å². The minimum atomic E-state index is -3.66. The summed E-state index contributed by atoms with van der Waals surface area (Å²) in [6.07, 6.45) is 0. The largest absolute Gasteiger partial charge is 0.478 e. The van der Waals surface area contributed by atoms with Crippen LogP contribution in [0.1, 0.15) is 47.1 Å². The number of aryl methyl sites for hydroxylation is 1. The maximum atomic E-state index is 12.8. The van der Waals surface area contributed by atoms with Crippen molar-refractivity contribution in [2.24, 2.45) is 15.8 Å². The molecule has 0 aliphatic carbocycles. The Morgan fingerprint density at radius 1 is 1.12 bits per heavy atom. The van der Waals surface area contributed by atoms with Crippen molar-refractivity contribution in [3.05, 3.63) is 29.8 Å². The molecule has 1 aromatic rings. The highest BCUT2D eigenvalue weighted by atomic mass is 32.2. The maximum absolute atomic E-state index is 12.8. The highest BCUT2D eigenvalue weighted by Gasteiger charge is 2.40. The van der Waals surface area contributed by atoms with Gasteiger partial charge in [-0.25, -0.2) is 13.4 Å². The molecule has 1 aliphatic heterocycles. The summed E-state index contributed by atoms with van der Waals surface area (Å²) >= 11 is 0. The molecule has 1 heterocycles. The van der Waals surface area contributed by atoms with Crippen LogP contribution < -0.4 is 4.72 Å². The van der Waals surface area contributed by atoms with Crippen LogP contribution in [-0.2, 0) is 14.8 Å². The molecule has 6 heteroatoms. The topological polar surface area (TPSA) is 67.8 Å². The molecule has 5 nitrogen and oxygen atoms in total. The van der Waals surface area contributed by atoms with Gasteiger partial charge in [0.25, 0.3) is 0 Å². The van der Waals surface area contributed by atoms with Crippen LogP contribution in [0, 0.1) is 17.8 Å². The summed E-state index contributed by atoms with van der Waals surface area (Å²) in [6, 6.07) is 6.32. The number of nitrogens with one attached hydrogen (secondary N) is 1. The van der Waals surface area contributed by atoms with Gasteiger partial charge in [-0.2, -0.15) is 4.72 Å². The van der Waals surface area contributed by atoms with Gasteiger partial charge in [0, 0.05) is 0 Å². The van der Waals surface area contributed by atoms with E-state index in [1.807, 2.05) is 27.7 Å². The average molecular weight is 367 g/mol.